The van der Waals surface area contributed by atoms with Crippen LogP contribution in [-0.4, -0.2) is 19.7 Å². The summed E-state index contributed by atoms with van der Waals surface area (Å²) in [5.74, 6) is 0. The Labute approximate surface area is 92.9 Å². The molecule has 5 heteroatoms. The molecule has 0 saturated carbocycles. The number of aromatic nitrogens is 4. The van der Waals surface area contributed by atoms with Gasteiger partial charge in [0.2, 0.25) is 0 Å². The van der Waals surface area contributed by atoms with Crippen molar-refractivity contribution in [3.8, 4) is 11.4 Å². The third-order valence-corrected chi connectivity index (χ3v) is 2.66. The molecule has 0 fully saturated rings. The molecule has 0 aliphatic rings. The first kappa shape index (κ1) is 10.1. The maximum absolute atomic E-state index is 5.95. The van der Waals surface area contributed by atoms with Gasteiger partial charge < -0.3 is 0 Å². The summed E-state index contributed by atoms with van der Waals surface area (Å²) in [4.78, 5) is 8.16. The lowest BCUT2D eigenvalue weighted by Gasteiger charge is -2.07. The van der Waals surface area contributed by atoms with Crippen LogP contribution in [0.2, 0.25) is 5.15 Å². The smallest absolute Gasteiger partial charge is 0.136 e. The van der Waals surface area contributed by atoms with E-state index in [4.69, 9.17) is 11.6 Å². The van der Waals surface area contributed by atoms with Crippen molar-refractivity contribution >= 4 is 11.6 Å². The Morgan fingerprint density at radius 1 is 1.40 bits per heavy atom. The second-order valence-corrected chi connectivity index (χ2v) is 3.53. The molecule has 0 N–H and O–H groups in total. The van der Waals surface area contributed by atoms with Gasteiger partial charge >= 0.3 is 0 Å². The van der Waals surface area contributed by atoms with Crippen LogP contribution in [0.15, 0.2) is 18.6 Å². The van der Waals surface area contributed by atoms with E-state index in [1.807, 2.05) is 24.6 Å². The van der Waals surface area contributed by atoms with E-state index in [-0.39, 0.29) is 0 Å². The highest BCUT2D eigenvalue weighted by Crippen LogP contribution is 2.23. The average molecular weight is 223 g/mol. The molecule has 0 spiro atoms. The average Bonchev–Trinajstić information content (AvgIpc) is 2.70. The van der Waals surface area contributed by atoms with Crippen LogP contribution < -0.4 is 0 Å². The summed E-state index contributed by atoms with van der Waals surface area (Å²) in [6.45, 7) is 4.75. The normalized spacial score (nSPS) is 10.6. The lowest BCUT2D eigenvalue weighted by molar-refractivity contribution is 0.665. The Morgan fingerprint density at radius 3 is 2.93 bits per heavy atom. The number of rotatable bonds is 2. The second-order valence-electron chi connectivity index (χ2n) is 3.17. The summed E-state index contributed by atoms with van der Waals surface area (Å²) in [6, 6.07) is 1.93. The fourth-order valence-corrected chi connectivity index (χ4v) is 1.61. The Balaban J connectivity index is 2.59. The second kappa shape index (κ2) is 3.98. The molecule has 4 nitrogen and oxygen atoms in total. The fraction of sp³-hybridized carbons (Fsp3) is 0.300. The number of aryl methyl sites for hydroxylation is 1. The third kappa shape index (κ3) is 1.72. The first-order chi connectivity index (χ1) is 7.24. The minimum Gasteiger partial charge on any atom is -0.264 e. The monoisotopic (exact) mass is 222 g/mol. The molecule has 0 aromatic carbocycles. The summed E-state index contributed by atoms with van der Waals surface area (Å²) < 4.78 is 1.88. The highest BCUT2D eigenvalue weighted by molar-refractivity contribution is 6.30. The molecule has 78 valence electrons. The van der Waals surface area contributed by atoms with Gasteiger partial charge in [0, 0.05) is 18.3 Å². The van der Waals surface area contributed by atoms with Gasteiger partial charge in [-0.3, -0.25) is 4.68 Å². The van der Waals surface area contributed by atoms with Crippen molar-refractivity contribution < 1.29 is 0 Å². The third-order valence-electron chi connectivity index (χ3n) is 2.28. The molecule has 0 amide bonds. The number of hydrogen-bond acceptors (Lipinski definition) is 3. The molecule has 0 bridgehead atoms. The zero-order valence-electron chi connectivity index (χ0n) is 8.61. The van der Waals surface area contributed by atoms with Gasteiger partial charge in [-0.05, 0) is 19.9 Å². The highest BCUT2D eigenvalue weighted by Gasteiger charge is 2.11. The van der Waals surface area contributed by atoms with Crippen molar-refractivity contribution in [2.45, 2.75) is 20.4 Å². The van der Waals surface area contributed by atoms with Crippen LogP contribution in [0.3, 0.4) is 0 Å². The van der Waals surface area contributed by atoms with Crippen LogP contribution in [0.25, 0.3) is 11.4 Å². The van der Waals surface area contributed by atoms with E-state index in [1.54, 1.807) is 6.20 Å². The summed E-state index contributed by atoms with van der Waals surface area (Å²) in [5, 5.41) is 4.68. The van der Waals surface area contributed by atoms with Crippen molar-refractivity contribution in [1.29, 1.82) is 0 Å². The number of halogens is 1. The fourth-order valence-electron chi connectivity index (χ4n) is 1.47. The molecule has 2 aromatic rings. The van der Waals surface area contributed by atoms with Gasteiger partial charge in [0.1, 0.15) is 11.5 Å². The first-order valence-corrected chi connectivity index (χ1v) is 5.11. The van der Waals surface area contributed by atoms with Crippen molar-refractivity contribution in [2.24, 2.45) is 0 Å². The molecule has 15 heavy (non-hydrogen) atoms. The Hall–Kier alpha value is -1.42. The van der Waals surface area contributed by atoms with Gasteiger partial charge in [0.15, 0.2) is 0 Å². The zero-order chi connectivity index (χ0) is 10.8. The molecule has 0 unspecified atom stereocenters. The van der Waals surface area contributed by atoms with E-state index >= 15 is 0 Å². The van der Waals surface area contributed by atoms with Crippen LogP contribution in [0.1, 0.15) is 12.5 Å². The molecule has 2 aromatic heterocycles. The predicted octanol–water partition coefficient (Wildman–Crippen LogP) is 2.32. The van der Waals surface area contributed by atoms with Crippen molar-refractivity contribution in [2.75, 3.05) is 0 Å². The summed E-state index contributed by atoms with van der Waals surface area (Å²) >= 11 is 5.95. The van der Waals surface area contributed by atoms with Crippen molar-refractivity contribution in [1.82, 2.24) is 19.7 Å². The molecular weight excluding hydrogens is 212 g/mol. The van der Waals surface area contributed by atoms with Gasteiger partial charge in [0.25, 0.3) is 0 Å². The quantitative estimate of drug-likeness (QED) is 0.733. The van der Waals surface area contributed by atoms with Crippen molar-refractivity contribution in [3.05, 3.63) is 29.3 Å². The van der Waals surface area contributed by atoms with Gasteiger partial charge in [-0.2, -0.15) is 5.10 Å². The SMILES string of the molecule is CCn1nccc1-c1ncnc(Cl)c1C. The summed E-state index contributed by atoms with van der Waals surface area (Å²) in [7, 11) is 0. The van der Waals surface area contributed by atoms with E-state index in [0.29, 0.717) is 5.15 Å². The Bertz CT molecular complexity index is 478. The van der Waals surface area contributed by atoms with Crippen LogP contribution in [0, 0.1) is 6.92 Å². The highest BCUT2D eigenvalue weighted by atomic mass is 35.5. The standard InChI is InChI=1S/C10H11ClN4/c1-3-15-8(4-5-14-15)9-7(2)10(11)13-6-12-9/h4-6H,3H2,1-2H3. The Morgan fingerprint density at radius 2 is 2.20 bits per heavy atom. The molecule has 0 radical (unpaired) electrons. The molecule has 0 atom stereocenters. The largest absolute Gasteiger partial charge is 0.264 e. The van der Waals surface area contributed by atoms with E-state index in [1.165, 1.54) is 6.33 Å². The lowest BCUT2D eigenvalue weighted by atomic mass is 10.2. The van der Waals surface area contributed by atoms with E-state index < -0.39 is 0 Å². The minimum absolute atomic E-state index is 0.490. The van der Waals surface area contributed by atoms with Gasteiger partial charge in [-0.25, -0.2) is 9.97 Å². The van der Waals surface area contributed by atoms with E-state index in [9.17, 15) is 0 Å². The van der Waals surface area contributed by atoms with E-state index in [2.05, 4.69) is 15.1 Å². The molecule has 2 rings (SSSR count). The number of nitrogens with zero attached hydrogens (tertiary/aromatic N) is 4. The lowest BCUT2D eigenvalue weighted by Crippen LogP contribution is -2.01. The van der Waals surface area contributed by atoms with Gasteiger partial charge in [-0.15, -0.1) is 0 Å². The number of hydrogen-bond donors (Lipinski definition) is 0. The molecule has 2 heterocycles. The maximum atomic E-state index is 5.95. The van der Waals surface area contributed by atoms with Crippen LogP contribution in [0.5, 0.6) is 0 Å². The van der Waals surface area contributed by atoms with Crippen LogP contribution >= 0.6 is 11.6 Å². The Kier molecular flexibility index (Phi) is 2.68. The molecule has 0 saturated heterocycles. The van der Waals surface area contributed by atoms with Crippen LogP contribution in [-0.2, 0) is 6.54 Å². The summed E-state index contributed by atoms with van der Waals surface area (Å²) in [6.07, 6.45) is 3.23. The van der Waals surface area contributed by atoms with Crippen molar-refractivity contribution in [3.63, 3.8) is 0 Å². The van der Waals surface area contributed by atoms with Gasteiger partial charge in [-0.1, -0.05) is 11.6 Å². The first-order valence-electron chi connectivity index (χ1n) is 4.73. The van der Waals surface area contributed by atoms with Gasteiger partial charge in [0.05, 0.1) is 11.4 Å². The molecule has 0 aliphatic carbocycles. The van der Waals surface area contributed by atoms with E-state index in [0.717, 1.165) is 23.5 Å². The predicted molar refractivity (Wildman–Crippen MR) is 58.7 cm³/mol. The topological polar surface area (TPSA) is 43.6 Å². The summed E-state index contributed by atoms with van der Waals surface area (Å²) in [5.41, 5.74) is 2.70. The minimum atomic E-state index is 0.490. The van der Waals surface area contributed by atoms with Crippen LogP contribution in [0.4, 0.5) is 0 Å². The molecule has 0 aliphatic heterocycles. The molecular formula is C10H11ClN4. The maximum Gasteiger partial charge on any atom is 0.136 e. The zero-order valence-corrected chi connectivity index (χ0v) is 9.36.